The quantitative estimate of drug-likeness (QED) is 0.679. The van der Waals surface area contributed by atoms with Gasteiger partial charge in [-0.15, -0.1) is 0 Å². The molecule has 3 heteroatoms. The minimum Gasteiger partial charge on any atom is -0.308 e. The molecule has 1 unspecified atom stereocenters. The molecule has 2 aliphatic rings. The van der Waals surface area contributed by atoms with Crippen LogP contribution >= 0.6 is 0 Å². The van der Waals surface area contributed by atoms with Crippen molar-refractivity contribution in [3.05, 3.63) is 17.0 Å². The summed E-state index contributed by atoms with van der Waals surface area (Å²) in [6.45, 7) is 1.16. The maximum Gasteiger partial charge on any atom is 0.0826 e. The van der Waals surface area contributed by atoms with Gasteiger partial charge in [0.25, 0.3) is 0 Å². The molecule has 0 bridgehead atoms. The zero-order valence-corrected chi connectivity index (χ0v) is 7.77. The van der Waals surface area contributed by atoms with Gasteiger partial charge in [0.05, 0.1) is 11.7 Å². The van der Waals surface area contributed by atoms with Gasteiger partial charge in [-0.05, 0) is 44.2 Å². The molecule has 1 atom stereocenters. The molecule has 13 heavy (non-hydrogen) atoms. The lowest BCUT2D eigenvalue weighted by Gasteiger charge is -2.27. The van der Waals surface area contributed by atoms with Gasteiger partial charge in [-0.25, -0.2) is 0 Å². The summed E-state index contributed by atoms with van der Waals surface area (Å²) >= 11 is 0. The Morgan fingerprint density at radius 2 is 2.08 bits per heavy atom. The number of aromatic amines is 1. The lowest BCUT2D eigenvalue weighted by molar-refractivity contribution is 0.372. The van der Waals surface area contributed by atoms with Crippen LogP contribution in [-0.4, -0.2) is 16.7 Å². The fourth-order valence-electron chi connectivity index (χ4n) is 2.32. The zero-order chi connectivity index (χ0) is 8.67. The van der Waals surface area contributed by atoms with Gasteiger partial charge in [0.15, 0.2) is 0 Å². The molecule has 70 valence electrons. The van der Waals surface area contributed by atoms with Crippen LogP contribution in [0.1, 0.15) is 42.3 Å². The van der Waals surface area contributed by atoms with Gasteiger partial charge in [0.1, 0.15) is 0 Å². The van der Waals surface area contributed by atoms with Crippen LogP contribution < -0.4 is 5.32 Å². The van der Waals surface area contributed by atoms with E-state index in [1.807, 2.05) is 0 Å². The SMILES string of the molecule is C1CCc2c(C3CCN3)n[nH]c2C1. The van der Waals surface area contributed by atoms with E-state index in [9.17, 15) is 0 Å². The Bertz CT molecular complexity index is 312. The van der Waals surface area contributed by atoms with Gasteiger partial charge >= 0.3 is 0 Å². The molecule has 0 radical (unpaired) electrons. The van der Waals surface area contributed by atoms with Crippen molar-refractivity contribution in [2.24, 2.45) is 0 Å². The first-order chi connectivity index (χ1) is 6.45. The van der Waals surface area contributed by atoms with E-state index in [0.29, 0.717) is 6.04 Å². The molecule has 0 amide bonds. The summed E-state index contributed by atoms with van der Waals surface area (Å²) in [4.78, 5) is 0. The summed E-state index contributed by atoms with van der Waals surface area (Å²) < 4.78 is 0. The first kappa shape index (κ1) is 7.56. The number of nitrogens with one attached hydrogen (secondary N) is 2. The van der Waals surface area contributed by atoms with Crippen LogP contribution in [0.15, 0.2) is 0 Å². The highest BCUT2D eigenvalue weighted by molar-refractivity contribution is 5.30. The van der Waals surface area contributed by atoms with Crippen molar-refractivity contribution in [1.82, 2.24) is 15.5 Å². The molecule has 0 spiro atoms. The second-order valence-corrected chi connectivity index (χ2v) is 4.07. The molecule has 2 heterocycles. The third-order valence-corrected chi connectivity index (χ3v) is 3.24. The van der Waals surface area contributed by atoms with Crippen LogP contribution in [-0.2, 0) is 12.8 Å². The average Bonchev–Trinajstić information content (AvgIpc) is 2.47. The van der Waals surface area contributed by atoms with Crippen molar-refractivity contribution in [2.45, 2.75) is 38.1 Å². The maximum absolute atomic E-state index is 4.43. The number of aryl methyl sites for hydroxylation is 1. The molecular formula is C10H15N3. The van der Waals surface area contributed by atoms with Crippen molar-refractivity contribution in [3.8, 4) is 0 Å². The lowest BCUT2D eigenvalue weighted by Crippen LogP contribution is -2.35. The number of fused-ring (bicyclic) bond motifs is 1. The fourth-order valence-corrected chi connectivity index (χ4v) is 2.32. The molecule has 1 aromatic heterocycles. The summed E-state index contributed by atoms with van der Waals surface area (Å²) in [7, 11) is 0. The molecule has 1 saturated heterocycles. The van der Waals surface area contributed by atoms with E-state index in [1.54, 1.807) is 0 Å². The van der Waals surface area contributed by atoms with Crippen LogP contribution in [0.3, 0.4) is 0 Å². The summed E-state index contributed by atoms with van der Waals surface area (Å²) in [6.07, 6.45) is 6.37. The number of hydrogen-bond acceptors (Lipinski definition) is 2. The monoisotopic (exact) mass is 177 g/mol. The number of nitrogens with zero attached hydrogens (tertiary/aromatic N) is 1. The first-order valence-electron chi connectivity index (χ1n) is 5.24. The van der Waals surface area contributed by atoms with E-state index in [-0.39, 0.29) is 0 Å². The number of hydrogen-bond donors (Lipinski definition) is 2. The Morgan fingerprint density at radius 1 is 1.23 bits per heavy atom. The molecule has 0 saturated carbocycles. The van der Waals surface area contributed by atoms with Crippen LogP contribution in [0, 0.1) is 0 Å². The van der Waals surface area contributed by atoms with Gasteiger partial charge in [-0.1, -0.05) is 0 Å². The van der Waals surface area contributed by atoms with Crippen LogP contribution in [0.2, 0.25) is 0 Å². The second kappa shape index (κ2) is 2.84. The Hall–Kier alpha value is -0.830. The van der Waals surface area contributed by atoms with Crippen LogP contribution in [0.4, 0.5) is 0 Å². The summed E-state index contributed by atoms with van der Waals surface area (Å²) in [6, 6.07) is 0.554. The van der Waals surface area contributed by atoms with Gasteiger partial charge in [0.2, 0.25) is 0 Å². The van der Waals surface area contributed by atoms with Crippen molar-refractivity contribution < 1.29 is 0 Å². The van der Waals surface area contributed by atoms with Crippen molar-refractivity contribution in [1.29, 1.82) is 0 Å². The second-order valence-electron chi connectivity index (χ2n) is 4.07. The highest BCUT2D eigenvalue weighted by atomic mass is 15.2. The molecule has 3 nitrogen and oxygen atoms in total. The molecule has 2 N–H and O–H groups in total. The molecule has 0 aromatic carbocycles. The normalized spacial score (nSPS) is 26.6. The standard InChI is InChI=1S/C10H15N3/c1-2-4-8-7(3-1)10(13-12-8)9-5-6-11-9/h9,11H,1-6H2,(H,12,13). The third kappa shape index (κ3) is 1.10. The molecule has 1 fully saturated rings. The Kier molecular flexibility index (Phi) is 1.65. The van der Waals surface area contributed by atoms with Gasteiger partial charge in [-0.3, -0.25) is 5.10 Å². The lowest BCUT2D eigenvalue weighted by atomic mass is 9.91. The third-order valence-electron chi connectivity index (χ3n) is 3.24. The Labute approximate surface area is 77.9 Å². The van der Waals surface area contributed by atoms with E-state index in [2.05, 4.69) is 15.5 Å². The Morgan fingerprint density at radius 3 is 2.85 bits per heavy atom. The van der Waals surface area contributed by atoms with Gasteiger partial charge in [0, 0.05) is 5.69 Å². The highest BCUT2D eigenvalue weighted by Crippen LogP contribution is 2.29. The predicted octanol–water partition coefficient (Wildman–Crippen LogP) is 1.32. The summed E-state index contributed by atoms with van der Waals surface area (Å²) in [5.74, 6) is 0. The summed E-state index contributed by atoms with van der Waals surface area (Å²) in [5, 5.41) is 11.0. The maximum atomic E-state index is 4.43. The smallest absolute Gasteiger partial charge is 0.0826 e. The molecule has 1 aliphatic heterocycles. The topological polar surface area (TPSA) is 40.7 Å². The number of H-pyrrole nitrogens is 1. The Balaban J connectivity index is 1.95. The summed E-state index contributed by atoms with van der Waals surface area (Å²) in [5.41, 5.74) is 4.22. The average molecular weight is 177 g/mol. The van der Waals surface area contributed by atoms with Crippen molar-refractivity contribution in [2.75, 3.05) is 6.54 Å². The number of aromatic nitrogens is 2. The number of rotatable bonds is 1. The molecule has 1 aromatic rings. The van der Waals surface area contributed by atoms with Crippen molar-refractivity contribution in [3.63, 3.8) is 0 Å². The van der Waals surface area contributed by atoms with Gasteiger partial charge in [-0.2, -0.15) is 5.10 Å². The minimum atomic E-state index is 0.554. The van der Waals surface area contributed by atoms with Crippen LogP contribution in [0.5, 0.6) is 0 Å². The minimum absolute atomic E-state index is 0.554. The van der Waals surface area contributed by atoms with E-state index in [0.717, 1.165) is 6.54 Å². The first-order valence-corrected chi connectivity index (χ1v) is 5.24. The molecule has 1 aliphatic carbocycles. The zero-order valence-electron chi connectivity index (χ0n) is 7.77. The van der Waals surface area contributed by atoms with E-state index in [4.69, 9.17) is 0 Å². The van der Waals surface area contributed by atoms with Crippen LogP contribution in [0.25, 0.3) is 0 Å². The van der Waals surface area contributed by atoms with Crippen molar-refractivity contribution >= 4 is 0 Å². The van der Waals surface area contributed by atoms with Gasteiger partial charge < -0.3 is 5.32 Å². The predicted molar refractivity (Wildman–Crippen MR) is 50.6 cm³/mol. The van der Waals surface area contributed by atoms with E-state index in [1.165, 1.54) is 49.1 Å². The molecular weight excluding hydrogens is 162 g/mol. The fraction of sp³-hybridized carbons (Fsp3) is 0.700. The largest absolute Gasteiger partial charge is 0.308 e. The van der Waals surface area contributed by atoms with E-state index < -0.39 is 0 Å². The van der Waals surface area contributed by atoms with E-state index >= 15 is 0 Å². The molecule has 3 rings (SSSR count). The highest BCUT2D eigenvalue weighted by Gasteiger charge is 2.26.